The molecule has 90 valence electrons. The van der Waals surface area contributed by atoms with E-state index in [1.54, 1.807) is 12.5 Å². The van der Waals surface area contributed by atoms with Gasteiger partial charge < -0.3 is 10.7 Å². The first kappa shape index (κ1) is 10.8. The molecule has 2 heterocycles. The van der Waals surface area contributed by atoms with Crippen LogP contribution < -0.4 is 5.73 Å². The smallest absolute Gasteiger partial charge is 0.140 e. The van der Waals surface area contributed by atoms with E-state index >= 15 is 0 Å². The molecule has 0 radical (unpaired) electrons. The topological polar surface area (TPSA) is 67.6 Å². The van der Waals surface area contributed by atoms with E-state index in [-0.39, 0.29) is 0 Å². The maximum atomic E-state index is 5.97. The molecule has 2 aromatic rings. The van der Waals surface area contributed by atoms with Crippen LogP contribution in [0.25, 0.3) is 11.3 Å². The van der Waals surface area contributed by atoms with E-state index in [4.69, 9.17) is 12.2 Å². The number of hydrogen-bond acceptors (Lipinski definition) is 3. The standard InChI is InChI=1S/C14H14N4/c1-2-9-13(12-7-16-8-17-12)10-5-3-4-6-11(10)18-14(9)15/h1,7-8H,3-6H2,(H2,15,18)(H,16,17). The Bertz CT molecular complexity index is 620. The summed E-state index contributed by atoms with van der Waals surface area (Å²) < 4.78 is 0. The largest absolute Gasteiger partial charge is 0.383 e. The molecule has 0 atom stereocenters. The van der Waals surface area contributed by atoms with Gasteiger partial charge in [0.15, 0.2) is 0 Å². The Kier molecular flexibility index (Phi) is 2.52. The van der Waals surface area contributed by atoms with Gasteiger partial charge in [0.05, 0.1) is 23.8 Å². The minimum Gasteiger partial charge on any atom is -0.383 e. The number of aromatic amines is 1. The van der Waals surface area contributed by atoms with Crippen molar-refractivity contribution in [1.29, 1.82) is 0 Å². The number of H-pyrrole nitrogens is 1. The van der Waals surface area contributed by atoms with Crippen LogP contribution >= 0.6 is 0 Å². The highest BCUT2D eigenvalue weighted by atomic mass is 14.9. The van der Waals surface area contributed by atoms with E-state index in [1.165, 1.54) is 12.0 Å². The number of aromatic nitrogens is 3. The summed E-state index contributed by atoms with van der Waals surface area (Å²) in [7, 11) is 0. The second-order valence-corrected chi connectivity index (χ2v) is 4.49. The highest BCUT2D eigenvalue weighted by Crippen LogP contribution is 2.34. The zero-order valence-electron chi connectivity index (χ0n) is 10.0. The summed E-state index contributed by atoms with van der Waals surface area (Å²) in [5.41, 5.74) is 10.9. The molecule has 2 aromatic heterocycles. The van der Waals surface area contributed by atoms with Crippen molar-refractivity contribution in [1.82, 2.24) is 15.0 Å². The lowest BCUT2D eigenvalue weighted by Gasteiger charge is -2.20. The second kappa shape index (κ2) is 4.19. The minimum absolute atomic E-state index is 0.447. The molecule has 4 nitrogen and oxygen atoms in total. The summed E-state index contributed by atoms with van der Waals surface area (Å²) in [6.45, 7) is 0. The summed E-state index contributed by atoms with van der Waals surface area (Å²) in [6.07, 6.45) is 13.3. The molecule has 0 spiro atoms. The average molecular weight is 238 g/mol. The molecule has 1 aliphatic rings. The lowest BCUT2D eigenvalue weighted by atomic mass is 9.88. The third-order valence-electron chi connectivity index (χ3n) is 3.41. The number of imidazole rings is 1. The minimum atomic E-state index is 0.447. The summed E-state index contributed by atoms with van der Waals surface area (Å²) in [5.74, 6) is 3.11. The number of pyridine rings is 1. The molecule has 3 rings (SSSR count). The molecular weight excluding hydrogens is 224 g/mol. The first-order valence-corrected chi connectivity index (χ1v) is 6.08. The maximum absolute atomic E-state index is 5.97. The summed E-state index contributed by atoms with van der Waals surface area (Å²) in [6, 6.07) is 0. The molecule has 0 unspecified atom stereocenters. The van der Waals surface area contributed by atoms with Crippen LogP contribution in [-0.2, 0) is 12.8 Å². The molecule has 18 heavy (non-hydrogen) atoms. The molecule has 0 bridgehead atoms. The van der Waals surface area contributed by atoms with Crippen molar-refractivity contribution in [2.24, 2.45) is 0 Å². The van der Waals surface area contributed by atoms with E-state index < -0.39 is 0 Å². The maximum Gasteiger partial charge on any atom is 0.140 e. The lowest BCUT2D eigenvalue weighted by molar-refractivity contribution is 0.669. The Balaban J connectivity index is 2.33. The highest BCUT2D eigenvalue weighted by molar-refractivity contribution is 5.77. The Morgan fingerprint density at radius 3 is 2.89 bits per heavy atom. The van der Waals surface area contributed by atoms with Crippen LogP contribution in [0.5, 0.6) is 0 Å². The first-order valence-electron chi connectivity index (χ1n) is 6.08. The number of hydrogen-bond donors (Lipinski definition) is 2. The van der Waals surface area contributed by atoms with Gasteiger partial charge >= 0.3 is 0 Å². The quantitative estimate of drug-likeness (QED) is 0.746. The lowest BCUT2D eigenvalue weighted by Crippen LogP contribution is -2.11. The Morgan fingerprint density at radius 1 is 1.33 bits per heavy atom. The Hall–Kier alpha value is -2.28. The summed E-state index contributed by atoms with van der Waals surface area (Å²) in [4.78, 5) is 11.6. The van der Waals surface area contributed by atoms with E-state index in [0.29, 0.717) is 11.4 Å². The fourth-order valence-electron chi connectivity index (χ4n) is 2.60. The third-order valence-corrected chi connectivity index (χ3v) is 3.41. The van der Waals surface area contributed by atoms with Crippen LogP contribution in [0, 0.1) is 12.3 Å². The van der Waals surface area contributed by atoms with Crippen molar-refractivity contribution in [2.45, 2.75) is 25.7 Å². The number of aryl methyl sites for hydroxylation is 1. The molecule has 0 aromatic carbocycles. The third kappa shape index (κ3) is 1.56. The van der Waals surface area contributed by atoms with Gasteiger partial charge in [-0.15, -0.1) is 6.42 Å². The van der Waals surface area contributed by atoms with Crippen LogP contribution in [0.2, 0.25) is 0 Å². The fraction of sp³-hybridized carbons (Fsp3) is 0.286. The monoisotopic (exact) mass is 238 g/mol. The van der Waals surface area contributed by atoms with Gasteiger partial charge in [0.25, 0.3) is 0 Å². The molecular formula is C14H14N4. The number of fused-ring (bicyclic) bond motifs is 1. The van der Waals surface area contributed by atoms with Crippen molar-refractivity contribution >= 4 is 5.82 Å². The normalized spacial score (nSPS) is 13.9. The van der Waals surface area contributed by atoms with Crippen molar-refractivity contribution < 1.29 is 0 Å². The second-order valence-electron chi connectivity index (χ2n) is 4.49. The van der Waals surface area contributed by atoms with Crippen LogP contribution in [-0.4, -0.2) is 15.0 Å². The zero-order valence-corrected chi connectivity index (χ0v) is 10.0. The molecule has 0 saturated heterocycles. The van der Waals surface area contributed by atoms with E-state index in [9.17, 15) is 0 Å². The van der Waals surface area contributed by atoms with E-state index in [1.807, 2.05) is 0 Å². The van der Waals surface area contributed by atoms with Crippen molar-refractivity contribution in [3.05, 3.63) is 29.3 Å². The van der Waals surface area contributed by atoms with Crippen LogP contribution in [0.3, 0.4) is 0 Å². The number of nitrogen functional groups attached to an aromatic ring is 1. The average Bonchev–Trinajstić information content (AvgIpc) is 2.90. The van der Waals surface area contributed by atoms with Gasteiger partial charge in [0.2, 0.25) is 0 Å². The van der Waals surface area contributed by atoms with Crippen molar-refractivity contribution in [3.63, 3.8) is 0 Å². The Morgan fingerprint density at radius 2 is 2.17 bits per heavy atom. The number of terminal acetylenes is 1. The molecule has 3 N–H and O–H groups in total. The van der Waals surface area contributed by atoms with Crippen LogP contribution in [0.1, 0.15) is 29.7 Å². The number of nitrogens with zero attached hydrogens (tertiary/aromatic N) is 2. The van der Waals surface area contributed by atoms with Crippen molar-refractivity contribution in [3.8, 4) is 23.6 Å². The van der Waals surface area contributed by atoms with E-state index in [2.05, 4.69) is 20.9 Å². The number of nitrogens with two attached hydrogens (primary N) is 1. The fourth-order valence-corrected chi connectivity index (χ4v) is 2.60. The Labute approximate surface area is 106 Å². The predicted octanol–water partition coefficient (Wildman–Crippen LogP) is 1.91. The van der Waals surface area contributed by atoms with Crippen LogP contribution in [0.4, 0.5) is 5.82 Å². The molecule has 0 saturated carbocycles. The summed E-state index contributed by atoms with van der Waals surface area (Å²) >= 11 is 0. The molecule has 4 heteroatoms. The number of rotatable bonds is 1. The van der Waals surface area contributed by atoms with Gasteiger partial charge in [-0.1, -0.05) is 5.92 Å². The first-order chi connectivity index (χ1) is 8.81. The number of anilines is 1. The van der Waals surface area contributed by atoms with Crippen molar-refractivity contribution in [2.75, 3.05) is 5.73 Å². The van der Waals surface area contributed by atoms with Gasteiger partial charge in [-0.25, -0.2) is 9.97 Å². The molecule has 0 fully saturated rings. The molecule has 0 aliphatic heterocycles. The highest BCUT2D eigenvalue weighted by Gasteiger charge is 2.21. The summed E-state index contributed by atoms with van der Waals surface area (Å²) in [5, 5.41) is 0. The SMILES string of the molecule is C#Cc1c(N)nc2c(c1-c1cnc[nH]1)CCCC2. The van der Waals surface area contributed by atoms with Gasteiger partial charge in [-0.05, 0) is 31.2 Å². The van der Waals surface area contributed by atoms with Gasteiger partial charge in [0, 0.05) is 11.3 Å². The van der Waals surface area contributed by atoms with Gasteiger partial charge in [-0.2, -0.15) is 0 Å². The predicted molar refractivity (Wildman–Crippen MR) is 70.8 cm³/mol. The van der Waals surface area contributed by atoms with Crippen LogP contribution in [0.15, 0.2) is 12.5 Å². The van der Waals surface area contributed by atoms with E-state index in [0.717, 1.165) is 36.2 Å². The zero-order chi connectivity index (χ0) is 12.5. The van der Waals surface area contributed by atoms with Gasteiger partial charge in [0.1, 0.15) is 5.82 Å². The molecule has 1 aliphatic carbocycles. The van der Waals surface area contributed by atoms with Gasteiger partial charge in [-0.3, -0.25) is 0 Å². The molecule has 0 amide bonds. The number of nitrogens with one attached hydrogen (secondary N) is 1.